The molecule has 0 fully saturated rings. The van der Waals surface area contributed by atoms with Gasteiger partial charge in [0.1, 0.15) is 11.5 Å². The lowest BCUT2D eigenvalue weighted by atomic mass is 10.1. The lowest BCUT2D eigenvalue weighted by Crippen LogP contribution is -2.08. The first-order valence-electron chi connectivity index (χ1n) is 5.68. The Kier molecular flexibility index (Phi) is 3.81. The summed E-state index contributed by atoms with van der Waals surface area (Å²) in [7, 11) is 0. The minimum Gasteiger partial charge on any atom is -0.457 e. The molecule has 6 heteroatoms. The van der Waals surface area contributed by atoms with Crippen LogP contribution in [0, 0.1) is 6.92 Å². The van der Waals surface area contributed by atoms with E-state index in [0.717, 1.165) is 11.6 Å². The van der Waals surface area contributed by atoms with Crippen molar-refractivity contribution in [3.8, 4) is 11.5 Å². The molecule has 0 bridgehead atoms. The van der Waals surface area contributed by atoms with Crippen LogP contribution in [0.1, 0.15) is 11.1 Å². The molecule has 0 atom stereocenters. The van der Waals surface area contributed by atoms with Gasteiger partial charge < -0.3 is 10.5 Å². The van der Waals surface area contributed by atoms with E-state index < -0.39 is 11.7 Å². The average molecular weight is 302 g/mol. The SMILES string of the molecule is Cc1cc(Cl)ccc1Oc1ccc(N)c(C(F)(F)F)c1. The second-order valence-electron chi connectivity index (χ2n) is 4.26. The predicted octanol–water partition coefficient (Wildman–Crippen LogP) is 5.04. The summed E-state index contributed by atoms with van der Waals surface area (Å²) < 4.78 is 43.7. The summed E-state index contributed by atoms with van der Waals surface area (Å²) in [5.74, 6) is 0.504. The number of rotatable bonds is 2. The van der Waals surface area contributed by atoms with Crippen LogP contribution in [0.2, 0.25) is 5.02 Å². The van der Waals surface area contributed by atoms with E-state index in [2.05, 4.69) is 0 Å². The van der Waals surface area contributed by atoms with Gasteiger partial charge in [-0.25, -0.2) is 0 Å². The van der Waals surface area contributed by atoms with E-state index in [1.54, 1.807) is 25.1 Å². The third-order valence-corrected chi connectivity index (χ3v) is 2.93. The monoisotopic (exact) mass is 301 g/mol. The maximum absolute atomic E-state index is 12.7. The van der Waals surface area contributed by atoms with Crippen molar-refractivity contribution in [2.75, 3.05) is 5.73 Å². The van der Waals surface area contributed by atoms with E-state index in [1.807, 2.05) is 0 Å². The molecule has 0 aliphatic carbocycles. The predicted molar refractivity (Wildman–Crippen MR) is 72.1 cm³/mol. The summed E-state index contributed by atoms with van der Waals surface area (Å²) in [6, 6.07) is 8.30. The third-order valence-electron chi connectivity index (χ3n) is 2.69. The molecule has 0 radical (unpaired) electrons. The first-order chi connectivity index (χ1) is 9.27. The third kappa shape index (κ3) is 3.17. The summed E-state index contributed by atoms with van der Waals surface area (Å²) in [6.45, 7) is 1.75. The Morgan fingerprint density at radius 3 is 2.40 bits per heavy atom. The van der Waals surface area contributed by atoms with E-state index in [1.165, 1.54) is 12.1 Å². The zero-order valence-electron chi connectivity index (χ0n) is 10.5. The van der Waals surface area contributed by atoms with Crippen molar-refractivity contribution in [3.05, 3.63) is 52.5 Å². The molecule has 0 aliphatic rings. The van der Waals surface area contributed by atoms with Gasteiger partial charge in [-0.05, 0) is 48.9 Å². The highest BCUT2D eigenvalue weighted by Crippen LogP contribution is 2.37. The molecule has 0 aromatic heterocycles. The van der Waals surface area contributed by atoms with Gasteiger partial charge in [0.05, 0.1) is 5.56 Å². The van der Waals surface area contributed by atoms with Gasteiger partial charge in [-0.1, -0.05) is 11.6 Å². The number of nitrogen functional groups attached to an aromatic ring is 1. The second-order valence-corrected chi connectivity index (χ2v) is 4.70. The maximum Gasteiger partial charge on any atom is 0.418 e. The molecule has 2 aromatic rings. The van der Waals surface area contributed by atoms with Crippen molar-refractivity contribution in [1.82, 2.24) is 0 Å². The summed E-state index contributed by atoms with van der Waals surface area (Å²) in [5.41, 5.74) is 4.80. The molecule has 2 aromatic carbocycles. The fraction of sp³-hybridized carbons (Fsp3) is 0.143. The Morgan fingerprint density at radius 1 is 1.10 bits per heavy atom. The van der Waals surface area contributed by atoms with Crippen molar-refractivity contribution in [2.45, 2.75) is 13.1 Å². The van der Waals surface area contributed by atoms with Crippen molar-refractivity contribution in [3.63, 3.8) is 0 Å². The Hall–Kier alpha value is -1.88. The molecule has 2 N–H and O–H groups in total. The fourth-order valence-electron chi connectivity index (χ4n) is 1.70. The highest BCUT2D eigenvalue weighted by atomic mass is 35.5. The zero-order chi connectivity index (χ0) is 14.9. The number of ether oxygens (including phenoxy) is 1. The Bertz CT molecular complexity index is 641. The van der Waals surface area contributed by atoms with E-state index >= 15 is 0 Å². The van der Waals surface area contributed by atoms with Crippen LogP contribution in [-0.2, 0) is 6.18 Å². The van der Waals surface area contributed by atoms with Crippen LogP contribution in [0.5, 0.6) is 11.5 Å². The molecule has 2 rings (SSSR count). The number of alkyl halides is 3. The largest absolute Gasteiger partial charge is 0.457 e. The minimum absolute atomic E-state index is 0.0666. The van der Waals surface area contributed by atoms with Crippen LogP contribution in [0.15, 0.2) is 36.4 Å². The molecule has 0 saturated carbocycles. The lowest BCUT2D eigenvalue weighted by molar-refractivity contribution is -0.137. The molecular weight excluding hydrogens is 291 g/mol. The molecule has 0 amide bonds. The van der Waals surface area contributed by atoms with E-state index in [4.69, 9.17) is 22.1 Å². The Morgan fingerprint density at radius 2 is 1.80 bits per heavy atom. The standard InChI is InChI=1S/C14H11ClF3NO/c1-8-6-9(15)2-5-13(8)20-10-3-4-12(19)11(7-10)14(16,17)18/h2-7H,19H2,1H3. The number of halogens is 4. The van der Waals surface area contributed by atoms with Crippen molar-refractivity contribution in [1.29, 1.82) is 0 Å². The van der Waals surface area contributed by atoms with Crippen LogP contribution >= 0.6 is 11.6 Å². The molecule has 0 heterocycles. The van der Waals surface area contributed by atoms with E-state index in [-0.39, 0.29) is 11.4 Å². The van der Waals surface area contributed by atoms with Gasteiger partial charge in [0.25, 0.3) is 0 Å². The smallest absolute Gasteiger partial charge is 0.418 e. The molecule has 0 saturated heterocycles. The number of anilines is 1. The van der Waals surface area contributed by atoms with Crippen LogP contribution in [-0.4, -0.2) is 0 Å². The number of hydrogen-bond donors (Lipinski definition) is 1. The quantitative estimate of drug-likeness (QED) is 0.789. The number of hydrogen-bond acceptors (Lipinski definition) is 2. The van der Waals surface area contributed by atoms with Crippen LogP contribution in [0.3, 0.4) is 0 Å². The maximum atomic E-state index is 12.7. The fourth-order valence-corrected chi connectivity index (χ4v) is 1.93. The van der Waals surface area contributed by atoms with Gasteiger partial charge in [0, 0.05) is 10.7 Å². The Labute approximate surface area is 118 Å². The van der Waals surface area contributed by atoms with Gasteiger partial charge in [0.15, 0.2) is 0 Å². The normalized spacial score (nSPS) is 11.4. The van der Waals surface area contributed by atoms with Gasteiger partial charge in [0.2, 0.25) is 0 Å². The Balaban J connectivity index is 2.35. The number of nitrogens with two attached hydrogens (primary N) is 1. The van der Waals surface area contributed by atoms with Gasteiger partial charge >= 0.3 is 6.18 Å². The van der Waals surface area contributed by atoms with Gasteiger partial charge in [-0.15, -0.1) is 0 Å². The highest BCUT2D eigenvalue weighted by molar-refractivity contribution is 6.30. The topological polar surface area (TPSA) is 35.2 Å². The van der Waals surface area contributed by atoms with Crippen LogP contribution in [0.4, 0.5) is 18.9 Å². The molecule has 2 nitrogen and oxygen atoms in total. The molecule has 106 valence electrons. The summed E-state index contributed by atoms with van der Waals surface area (Å²) in [6.07, 6.45) is -4.52. The molecule has 0 unspecified atom stereocenters. The van der Waals surface area contributed by atoms with Gasteiger partial charge in [-0.3, -0.25) is 0 Å². The summed E-state index contributed by atoms with van der Waals surface area (Å²) in [4.78, 5) is 0. The number of aryl methyl sites for hydroxylation is 1. The van der Waals surface area contributed by atoms with E-state index in [9.17, 15) is 13.2 Å². The first kappa shape index (κ1) is 14.5. The van der Waals surface area contributed by atoms with Crippen molar-refractivity contribution >= 4 is 17.3 Å². The molecule has 0 aliphatic heterocycles. The molecule has 20 heavy (non-hydrogen) atoms. The van der Waals surface area contributed by atoms with Crippen molar-refractivity contribution < 1.29 is 17.9 Å². The number of benzene rings is 2. The summed E-state index contributed by atoms with van der Waals surface area (Å²) in [5, 5.41) is 0.531. The molecule has 0 spiro atoms. The van der Waals surface area contributed by atoms with E-state index in [0.29, 0.717) is 10.8 Å². The molecular formula is C14H11ClF3NO. The highest BCUT2D eigenvalue weighted by Gasteiger charge is 2.33. The van der Waals surface area contributed by atoms with Crippen molar-refractivity contribution in [2.24, 2.45) is 0 Å². The zero-order valence-corrected chi connectivity index (χ0v) is 11.2. The second kappa shape index (κ2) is 5.25. The minimum atomic E-state index is -4.52. The van der Waals surface area contributed by atoms with Gasteiger partial charge in [-0.2, -0.15) is 13.2 Å². The lowest BCUT2D eigenvalue weighted by Gasteiger charge is -2.13. The first-order valence-corrected chi connectivity index (χ1v) is 6.06. The van der Waals surface area contributed by atoms with Crippen LogP contribution in [0.25, 0.3) is 0 Å². The average Bonchev–Trinajstić information content (AvgIpc) is 2.33. The summed E-state index contributed by atoms with van der Waals surface area (Å²) >= 11 is 5.80. The van der Waals surface area contributed by atoms with Crippen LogP contribution < -0.4 is 10.5 Å².